The van der Waals surface area contributed by atoms with Crippen molar-refractivity contribution in [1.82, 2.24) is 5.32 Å². The first kappa shape index (κ1) is 12.2. The summed E-state index contributed by atoms with van der Waals surface area (Å²) in [6.45, 7) is 6.13. The maximum Gasteiger partial charge on any atom is 0.0474 e. The topological polar surface area (TPSA) is 21.3 Å². The van der Waals surface area contributed by atoms with Gasteiger partial charge in [0.15, 0.2) is 0 Å². The van der Waals surface area contributed by atoms with Gasteiger partial charge in [0.05, 0.1) is 0 Å². The molecular weight excluding hydrogens is 186 g/mol. The molecule has 0 bridgehead atoms. The van der Waals surface area contributed by atoms with E-state index in [-0.39, 0.29) is 0 Å². The zero-order chi connectivity index (χ0) is 11.1. The highest BCUT2D eigenvalue weighted by molar-refractivity contribution is 5.23. The lowest BCUT2D eigenvalue weighted by atomic mass is 10.1. The number of aryl methyl sites for hydroxylation is 1. The quantitative estimate of drug-likeness (QED) is 0.724. The normalized spacial score (nSPS) is 12.7. The summed E-state index contributed by atoms with van der Waals surface area (Å²) in [6, 6.07) is 9.10. The van der Waals surface area contributed by atoms with Crippen molar-refractivity contribution in [2.24, 2.45) is 0 Å². The molecule has 84 valence electrons. The molecule has 1 aromatic carbocycles. The fourth-order valence-electron chi connectivity index (χ4n) is 1.51. The smallest absolute Gasteiger partial charge is 0.0474 e. The van der Waals surface area contributed by atoms with Crippen molar-refractivity contribution in [2.45, 2.75) is 26.3 Å². The van der Waals surface area contributed by atoms with Gasteiger partial charge in [-0.25, -0.2) is 0 Å². The van der Waals surface area contributed by atoms with E-state index in [4.69, 9.17) is 4.74 Å². The van der Waals surface area contributed by atoms with Crippen molar-refractivity contribution >= 4 is 0 Å². The molecule has 1 N–H and O–H groups in total. The minimum atomic E-state index is 0.419. The number of rotatable bonds is 6. The van der Waals surface area contributed by atoms with Crippen LogP contribution in [-0.4, -0.2) is 20.3 Å². The molecule has 0 heterocycles. The van der Waals surface area contributed by atoms with Gasteiger partial charge < -0.3 is 10.1 Å². The highest BCUT2D eigenvalue weighted by Gasteiger charge is 2.02. The summed E-state index contributed by atoms with van der Waals surface area (Å²) in [5, 5.41) is 3.47. The Balaban J connectivity index is 2.33. The van der Waals surface area contributed by atoms with Crippen molar-refractivity contribution in [2.75, 3.05) is 20.3 Å². The summed E-state index contributed by atoms with van der Waals surface area (Å²) >= 11 is 0. The maximum atomic E-state index is 5.01. The van der Waals surface area contributed by atoms with E-state index in [2.05, 4.69) is 43.4 Å². The summed E-state index contributed by atoms with van der Waals surface area (Å²) in [7, 11) is 1.74. The second-order valence-corrected chi connectivity index (χ2v) is 3.93. The van der Waals surface area contributed by atoms with Crippen LogP contribution in [0.4, 0.5) is 0 Å². The van der Waals surface area contributed by atoms with Gasteiger partial charge in [0.1, 0.15) is 0 Å². The Morgan fingerprint density at radius 3 is 2.53 bits per heavy atom. The Kier molecular flexibility index (Phi) is 5.37. The van der Waals surface area contributed by atoms with Crippen LogP contribution in [-0.2, 0) is 4.74 Å². The highest BCUT2D eigenvalue weighted by Crippen LogP contribution is 2.12. The van der Waals surface area contributed by atoms with Crippen LogP contribution < -0.4 is 5.32 Å². The van der Waals surface area contributed by atoms with Gasteiger partial charge in [-0.3, -0.25) is 0 Å². The molecule has 0 aliphatic heterocycles. The molecule has 15 heavy (non-hydrogen) atoms. The van der Waals surface area contributed by atoms with Gasteiger partial charge in [0.25, 0.3) is 0 Å². The molecule has 1 rings (SSSR count). The number of benzene rings is 1. The summed E-state index contributed by atoms with van der Waals surface area (Å²) in [5.74, 6) is 0. The molecule has 0 amide bonds. The molecule has 2 heteroatoms. The third-order valence-electron chi connectivity index (χ3n) is 2.55. The highest BCUT2D eigenvalue weighted by atomic mass is 16.5. The Hall–Kier alpha value is -0.860. The molecule has 0 aromatic heterocycles. The van der Waals surface area contributed by atoms with E-state index in [1.54, 1.807) is 7.11 Å². The molecule has 0 aliphatic carbocycles. The lowest BCUT2D eigenvalue weighted by Gasteiger charge is -2.14. The lowest BCUT2D eigenvalue weighted by molar-refractivity contribution is 0.193. The summed E-state index contributed by atoms with van der Waals surface area (Å²) < 4.78 is 5.01. The molecule has 2 nitrogen and oxygen atoms in total. The van der Waals surface area contributed by atoms with Crippen LogP contribution in [0, 0.1) is 6.92 Å². The van der Waals surface area contributed by atoms with Crippen molar-refractivity contribution in [3.63, 3.8) is 0 Å². The average Bonchev–Trinajstić information content (AvgIpc) is 2.25. The third-order valence-corrected chi connectivity index (χ3v) is 2.55. The fourth-order valence-corrected chi connectivity index (χ4v) is 1.51. The Morgan fingerprint density at radius 2 is 1.93 bits per heavy atom. The van der Waals surface area contributed by atoms with Crippen molar-refractivity contribution in [3.05, 3.63) is 35.4 Å². The summed E-state index contributed by atoms with van der Waals surface area (Å²) in [4.78, 5) is 0. The van der Waals surface area contributed by atoms with Crippen LogP contribution in [0.1, 0.15) is 30.5 Å². The zero-order valence-electron chi connectivity index (χ0n) is 9.92. The summed E-state index contributed by atoms with van der Waals surface area (Å²) in [6.07, 6.45) is 1.06. The minimum absolute atomic E-state index is 0.419. The monoisotopic (exact) mass is 207 g/mol. The van der Waals surface area contributed by atoms with Gasteiger partial charge in [-0.1, -0.05) is 29.8 Å². The van der Waals surface area contributed by atoms with Crippen LogP contribution in [0.15, 0.2) is 24.3 Å². The van der Waals surface area contributed by atoms with Gasteiger partial charge in [-0.15, -0.1) is 0 Å². The van der Waals surface area contributed by atoms with Crippen LogP contribution in [0.2, 0.25) is 0 Å². The first-order valence-electron chi connectivity index (χ1n) is 5.53. The van der Waals surface area contributed by atoms with E-state index in [0.29, 0.717) is 6.04 Å². The standard InChI is InChI=1S/C13H21NO/c1-11-5-7-13(8-6-11)12(2)14-9-4-10-15-3/h5-8,12,14H,4,9-10H2,1-3H3. The van der Waals surface area contributed by atoms with Gasteiger partial charge in [0, 0.05) is 19.8 Å². The van der Waals surface area contributed by atoms with E-state index in [9.17, 15) is 0 Å². The van der Waals surface area contributed by atoms with Gasteiger partial charge in [-0.2, -0.15) is 0 Å². The molecule has 0 aliphatic rings. The summed E-state index contributed by atoms with van der Waals surface area (Å²) in [5.41, 5.74) is 2.66. The van der Waals surface area contributed by atoms with Gasteiger partial charge in [-0.05, 0) is 32.4 Å². The van der Waals surface area contributed by atoms with Crippen LogP contribution >= 0.6 is 0 Å². The molecule has 0 spiro atoms. The predicted molar refractivity (Wildman–Crippen MR) is 64.1 cm³/mol. The van der Waals surface area contributed by atoms with Crippen LogP contribution in [0.3, 0.4) is 0 Å². The average molecular weight is 207 g/mol. The van der Waals surface area contributed by atoms with Crippen molar-refractivity contribution in [1.29, 1.82) is 0 Å². The first-order valence-corrected chi connectivity index (χ1v) is 5.53. The molecular formula is C13H21NO. The zero-order valence-corrected chi connectivity index (χ0v) is 9.92. The van der Waals surface area contributed by atoms with Gasteiger partial charge in [0.2, 0.25) is 0 Å². The lowest BCUT2D eigenvalue weighted by Crippen LogP contribution is -2.20. The van der Waals surface area contributed by atoms with E-state index >= 15 is 0 Å². The number of nitrogens with one attached hydrogen (secondary N) is 1. The van der Waals surface area contributed by atoms with Gasteiger partial charge >= 0.3 is 0 Å². The number of hydrogen-bond donors (Lipinski definition) is 1. The molecule has 0 radical (unpaired) electrons. The Morgan fingerprint density at radius 1 is 1.27 bits per heavy atom. The van der Waals surface area contributed by atoms with E-state index < -0.39 is 0 Å². The SMILES string of the molecule is COCCCNC(C)c1ccc(C)cc1. The second kappa shape index (κ2) is 6.59. The second-order valence-electron chi connectivity index (χ2n) is 3.93. The molecule has 0 fully saturated rings. The van der Waals surface area contributed by atoms with E-state index in [0.717, 1.165) is 19.6 Å². The number of methoxy groups -OCH3 is 1. The maximum absolute atomic E-state index is 5.01. The van der Waals surface area contributed by atoms with Crippen molar-refractivity contribution < 1.29 is 4.74 Å². The largest absolute Gasteiger partial charge is 0.385 e. The fraction of sp³-hybridized carbons (Fsp3) is 0.538. The Labute approximate surface area is 92.6 Å². The van der Waals surface area contributed by atoms with Crippen LogP contribution in [0.25, 0.3) is 0 Å². The minimum Gasteiger partial charge on any atom is -0.385 e. The first-order chi connectivity index (χ1) is 7.24. The molecule has 0 saturated carbocycles. The predicted octanol–water partition coefficient (Wildman–Crippen LogP) is 2.68. The molecule has 1 unspecified atom stereocenters. The van der Waals surface area contributed by atoms with E-state index in [1.807, 2.05) is 0 Å². The van der Waals surface area contributed by atoms with E-state index in [1.165, 1.54) is 11.1 Å². The van der Waals surface area contributed by atoms with Crippen LogP contribution in [0.5, 0.6) is 0 Å². The number of hydrogen-bond acceptors (Lipinski definition) is 2. The molecule has 1 atom stereocenters. The van der Waals surface area contributed by atoms with Crippen molar-refractivity contribution in [3.8, 4) is 0 Å². The molecule has 0 saturated heterocycles. The third kappa shape index (κ3) is 4.45. The Bertz CT molecular complexity index is 268. The number of ether oxygens (including phenoxy) is 1. The molecule has 1 aromatic rings.